The van der Waals surface area contributed by atoms with E-state index in [0.29, 0.717) is 93.8 Å². The van der Waals surface area contributed by atoms with Crippen molar-refractivity contribution in [1.29, 1.82) is 0 Å². The summed E-state index contributed by atoms with van der Waals surface area (Å²) < 4.78 is 19.3. The first-order valence-electron chi connectivity index (χ1n) is 18.3. The van der Waals surface area contributed by atoms with E-state index in [0.717, 1.165) is 0 Å². The summed E-state index contributed by atoms with van der Waals surface area (Å²) in [5.74, 6) is 6.56. The van der Waals surface area contributed by atoms with Crippen LogP contribution in [-0.2, 0) is 13.1 Å². The van der Waals surface area contributed by atoms with E-state index in [9.17, 15) is 19.2 Å². The smallest absolute Gasteiger partial charge is 0.276 e. The Hall–Kier alpha value is -6.96. The van der Waals surface area contributed by atoms with Crippen LogP contribution in [0.4, 0.5) is 11.9 Å². The fraction of sp³-hybridized carbons (Fsp3) is 0.333. The molecule has 0 unspecified atom stereocenters. The van der Waals surface area contributed by atoms with Gasteiger partial charge in [0.2, 0.25) is 17.8 Å². The minimum Gasteiger partial charge on any atom is -0.489 e. The minimum absolute atomic E-state index is 0.134. The molecule has 0 bridgehead atoms. The molecule has 0 spiro atoms. The van der Waals surface area contributed by atoms with Crippen LogP contribution in [0.3, 0.4) is 0 Å². The number of rotatable bonds is 10. The number of aryl methyl sites for hydroxylation is 4. The number of benzene rings is 2. The van der Waals surface area contributed by atoms with Crippen LogP contribution in [0.15, 0.2) is 36.4 Å². The number of ether oxygens (including phenoxy) is 2. The summed E-state index contributed by atoms with van der Waals surface area (Å²) in [7, 11) is 0. The predicted octanol–water partition coefficient (Wildman–Crippen LogP) is 4.59. The lowest BCUT2D eigenvalue weighted by Gasteiger charge is -2.27. The van der Waals surface area contributed by atoms with Crippen LogP contribution < -0.4 is 25.8 Å². The lowest BCUT2D eigenvalue weighted by atomic mass is 10.1. The summed E-state index contributed by atoms with van der Waals surface area (Å²) in [6.45, 7) is 10.4. The summed E-state index contributed by atoms with van der Waals surface area (Å²) in [6, 6.07) is 9.27. The van der Waals surface area contributed by atoms with Crippen molar-refractivity contribution in [2.75, 3.05) is 23.8 Å². The molecule has 56 heavy (non-hydrogen) atoms. The van der Waals surface area contributed by atoms with E-state index < -0.39 is 5.91 Å². The first-order chi connectivity index (χ1) is 26.9. The molecular weight excluding hydrogens is 718 g/mol. The third-order valence-electron chi connectivity index (χ3n) is 9.90. The van der Waals surface area contributed by atoms with Crippen molar-refractivity contribution in [3.63, 3.8) is 0 Å². The summed E-state index contributed by atoms with van der Waals surface area (Å²) in [5, 5.41) is 14.7. The van der Waals surface area contributed by atoms with Gasteiger partial charge in [-0.05, 0) is 71.0 Å². The third-order valence-corrected chi connectivity index (χ3v) is 9.90. The van der Waals surface area contributed by atoms with Crippen molar-refractivity contribution in [1.82, 2.24) is 38.7 Å². The highest BCUT2D eigenvalue weighted by Gasteiger charge is 2.31. The summed E-state index contributed by atoms with van der Waals surface area (Å²) in [4.78, 5) is 61.0. The van der Waals surface area contributed by atoms with Crippen molar-refractivity contribution in [2.45, 2.75) is 72.6 Å². The molecule has 0 radical (unpaired) electrons. The van der Waals surface area contributed by atoms with Gasteiger partial charge in [-0.1, -0.05) is 0 Å². The van der Waals surface area contributed by atoms with Crippen LogP contribution in [0.5, 0.6) is 11.5 Å². The number of nitrogens with two attached hydrogens (primary N) is 1. The Labute approximate surface area is 320 Å². The Morgan fingerprint density at radius 2 is 1.18 bits per heavy atom. The number of ketones is 1. The number of carbonyl (C=O) groups excluding carboxylic acids is 4. The average molecular weight is 758 g/mol. The molecule has 4 N–H and O–H groups in total. The highest BCUT2D eigenvalue weighted by molar-refractivity contribution is 6.05. The molecule has 0 aliphatic carbocycles. The Balaban J connectivity index is 1.10. The van der Waals surface area contributed by atoms with Gasteiger partial charge in [0.1, 0.15) is 47.1 Å². The zero-order chi connectivity index (χ0) is 39.4. The Morgan fingerprint density at radius 1 is 0.732 bits per heavy atom. The van der Waals surface area contributed by atoms with E-state index in [1.165, 1.54) is 6.92 Å². The highest BCUT2D eigenvalue weighted by Crippen LogP contribution is 2.40. The Bertz CT molecular complexity index is 2510. The van der Waals surface area contributed by atoms with Gasteiger partial charge in [-0.3, -0.25) is 48.3 Å². The first kappa shape index (κ1) is 36.0. The van der Waals surface area contributed by atoms with Crippen LogP contribution in [0.2, 0.25) is 0 Å². The van der Waals surface area contributed by atoms with E-state index >= 15 is 0 Å². The van der Waals surface area contributed by atoms with Gasteiger partial charge in [0, 0.05) is 37.1 Å². The molecule has 17 heteroatoms. The van der Waals surface area contributed by atoms with Crippen LogP contribution in [0.1, 0.15) is 98.8 Å². The fourth-order valence-corrected chi connectivity index (χ4v) is 7.31. The van der Waals surface area contributed by atoms with Gasteiger partial charge in [0.25, 0.3) is 11.8 Å². The third kappa shape index (κ3) is 6.28. The number of Topliss-reactive ketones (excluding diaryl/α,β-unsaturated/α-hetero) is 1. The number of anilines is 2. The maximum atomic E-state index is 13.6. The van der Waals surface area contributed by atoms with Gasteiger partial charge < -0.3 is 15.2 Å². The molecule has 3 amide bonds. The average Bonchev–Trinajstić information content (AvgIpc) is 3.95. The maximum absolute atomic E-state index is 13.6. The van der Waals surface area contributed by atoms with E-state index in [4.69, 9.17) is 25.2 Å². The number of hydrogen-bond acceptors (Lipinski definition) is 10. The normalized spacial score (nSPS) is 15.5. The van der Waals surface area contributed by atoms with Crippen LogP contribution in [0, 0.1) is 25.7 Å². The van der Waals surface area contributed by atoms with Crippen LogP contribution in [0.25, 0.3) is 22.1 Å². The van der Waals surface area contributed by atoms with Gasteiger partial charge in [-0.25, -0.2) is 9.97 Å². The van der Waals surface area contributed by atoms with Gasteiger partial charge in [-0.2, -0.15) is 10.2 Å². The lowest BCUT2D eigenvalue weighted by Crippen LogP contribution is -2.26. The topological polar surface area (TPSA) is 208 Å². The second-order valence-electron chi connectivity index (χ2n) is 13.8. The molecule has 8 rings (SSSR count). The summed E-state index contributed by atoms with van der Waals surface area (Å²) in [5.41, 5.74) is 10.7. The molecule has 286 valence electrons. The molecule has 17 nitrogen and oxygen atoms in total. The molecule has 0 fully saturated rings. The number of hydrogen-bond donors (Lipinski definition) is 3. The molecule has 6 heterocycles. The van der Waals surface area contributed by atoms with E-state index in [1.807, 2.05) is 36.8 Å². The number of nitrogens with zero attached hydrogens (tertiary/aromatic N) is 8. The molecule has 2 aliphatic heterocycles. The van der Waals surface area contributed by atoms with Crippen molar-refractivity contribution in [2.24, 2.45) is 5.73 Å². The summed E-state index contributed by atoms with van der Waals surface area (Å²) in [6.07, 6.45) is 0.663. The van der Waals surface area contributed by atoms with Crippen molar-refractivity contribution >= 4 is 57.5 Å². The minimum atomic E-state index is -0.628. The number of aromatic nitrogens is 8. The number of carbonyl (C=O) groups is 4. The molecule has 2 aromatic carbocycles. The molecular formula is C39H39N11O6. The number of imidazole rings is 2. The predicted molar refractivity (Wildman–Crippen MR) is 205 cm³/mol. The second-order valence-corrected chi connectivity index (χ2v) is 13.8. The zero-order valence-corrected chi connectivity index (χ0v) is 31.5. The van der Waals surface area contributed by atoms with Crippen molar-refractivity contribution in [3.8, 4) is 23.3 Å². The summed E-state index contributed by atoms with van der Waals surface area (Å²) >= 11 is 0. The standard InChI is InChI=1S/C39H39N11O6/c1-6-47-29(12-20(3)45-47)36(53)43-38-41-27-14-23(22(5)51)16-31-33(27)49(38)25(18-55-31)10-8-9-11-26-19-56-32-17-24(35(40)52)15-28-34(32)50(26)39(42-28)44-37(54)30-13-21(4)46-48(30)7-2/h12-17,25-26H,6-7,10-11,18-19H2,1-5H3,(H2,40,52)(H,41,43,53)(H,42,44,54)/t25-,26-/m0/s1. The quantitative estimate of drug-likeness (QED) is 0.131. The van der Waals surface area contributed by atoms with Gasteiger partial charge in [-0.15, -0.1) is 11.8 Å². The van der Waals surface area contributed by atoms with Gasteiger partial charge in [0.05, 0.1) is 34.5 Å². The Kier molecular flexibility index (Phi) is 9.03. The lowest BCUT2D eigenvalue weighted by molar-refractivity contribution is 0.0994. The van der Waals surface area contributed by atoms with Crippen LogP contribution in [-0.4, -0.2) is 75.4 Å². The van der Waals surface area contributed by atoms with Crippen LogP contribution >= 0.6 is 0 Å². The van der Waals surface area contributed by atoms with E-state index in [2.05, 4.69) is 32.7 Å². The first-order valence-corrected chi connectivity index (χ1v) is 18.3. The largest absolute Gasteiger partial charge is 0.489 e. The van der Waals surface area contributed by atoms with Crippen molar-refractivity contribution < 1.29 is 28.7 Å². The molecule has 2 aliphatic rings. The maximum Gasteiger partial charge on any atom is 0.276 e. The number of amides is 3. The van der Waals surface area contributed by atoms with E-state index in [1.54, 1.807) is 45.8 Å². The monoisotopic (exact) mass is 757 g/mol. The molecule has 6 aromatic rings. The zero-order valence-electron chi connectivity index (χ0n) is 31.5. The number of primary amides is 1. The number of nitrogens with one attached hydrogen (secondary N) is 2. The second kappa shape index (κ2) is 14.0. The van der Waals surface area contributed by atoms with Crippen molar-refractivity contribution in [3.05, 3.63) is 70.3 Å². The van der Waals surface area contributed by atoms with E-state index in [-0.39, 0.29) is 54.4 Å². The molecule has 4 aromatic heterocycles. The van der Waals surface area contributed by atoms with Gasteiger partial charge in [0.15, 0.2) is 5.78 Å². The van der Waals surface area contributed by atoms with Gasteiger partial charge >= 0.3 is 0 Å². The molecule has 2 atom stereocenters. The fourth-order valence-electron chi connectivity index (χ4n) is 7.31. The molecule has 0 saturated heterocycles. The SMILES string of the molecule is CCn1nc(C)cc1C(=O)Nc1nc2cc(C(C)=O)cc3c2n1[C@@H](CC#CC[C@H]1COc2cc(C(N)=O)cc4nc(NC(=O)c5cc(C)nn5CC)n1c24)CO3. The highest BCUT2D eigenvalue weighted by atomic mass is 16.5. The molecule has 0 saturated carbocycles. The Morgan fingerprint density at radius 3 is 1.61 bits per heavy atom.